The Bertz CT molecular complexity index is 998. The lowest BCUT2D eigenvalue weighted by Gasteiger charge is -2.28. The Kier molecular flexibility index (Phi) is 7.79. The Labute approximate surface area is 193 Å². The van der Waals surface area contributed by atoms with Crippen molar-refractivity contribution in [1.29, 1.82) is 0 Å². The number of hydrogen-bond donors (Lipinski definition) is 1. The monoisotopic (exact) mass is 432 g/mol. The van der Waals surface area contributed by atoms with Crippen molar-refractivity contribution >= 4 is 11.8 Å². The molecule has 0 saturated carbocycles. The first-order valence-corrected chi connectivity index (χ1v) is 11.4. The maximum atomic E-state index is 13.2. The van der Waals surface area contributed by atoms with Gasteiger partial charge in [0, 0.05) is 18.8 Å². The fourth-order valence-corrected chi connectivity index (χ4v) is 4.76. The molecule has 1 N–H and O–H groups in total. The summed E-state index contributed by atoms with van der Waals surface area (Å²) in [7, 11) is 0. The summed E-state index contributed by atoms with van der Waals surface area (Å²) in [5.74, 6) is 0.572. The lowest BCUT2D eigenvalue weighted by atomic mass is 9.90. The van der Waals surface area contributed by atoms with Crippen molar-refractivity contribution in [3.05, 3.63) is 87.6 Å². The molecular weight excluding hydrogens is 396 g/mol. The third-order valence-corrected chi connectivity index (χ3v) is 5.95. The first-order valence-electron chi connectivity index (χ1n) is 11.4. The van der Waals surface area contributed by atoms with Gasteiger partial charge in [-0.25, -0.2) is 4.79 Å². The fraction of sp³-hybridized carbons (Fsp3) is 0.393. The van der Waals surface area contributed by atoms with Gasteiger partial charge in [0.05, 0.1) is 5.69 Å². The van der Waals surface area contributed by atoms with Crippen molar-refractivity contribution in [2.45, 2.75) is 54.6 Å². The molecule has 0 spiro atoms. The number of aryl methyl sites for hydroxylation is 3. The van der Waals surface area contributed by atoms with Crippen LogP contribution in [0.1, 0.15) is 49.4 Å². The van der Waals surface area contributed by atoms with Gasteiger partial charge in [0.25, 0.3) is 0 Å². The Morgan fingerprint density at radius 1 is 1.06 bits per heavy atom. The molecule has 32 heavy (non-hydrogen) atoms. The molecule has 2 aromatic rings. The van der Waals surface area contributed by atoms with Crippen molar-refractivity contribution in [2.24, 2.45) is 5.92 Å². The Morgan fingerprint density at radius 2 is 1.72 bits per heavy atom. The van der Waals surface area contributed by atoms with Gasteiger partial charge in [-0.15, -0.1) is 0 Å². The van der Waals surface area contributed by atoms with E-state index in [1.807, 2.05) is 30.3 Å². The van der Waals surface area contributed by atoms with Crippen LogP contribution < -0.4 is 10.2 Å². The number of nitrogens with zero attached hydrogens (tertiary/aromatic N) is 1. The third-order valence-electron chi connectivity index (χ3n) is 5.95. The minimum absolute atomic E-state index is 0.261. The smallest absolute Gasteiger partial charge is 0.414 e. The van der Waals surface area contributed by atoms with E-state index in [0.29, 0.717) is 19.0 Å². The summed E-state index contributed by atoms with van der Waals surface area (Å²) < 4.78 is 5.72. The number of ether oxygens (including phenoxy) is 1. The highest BCUT2D eigenvalue weighted by Crippen LogP contribution is 2.28. The highest BCUT2D eigenvalue weighted by molar-refractivity contribution is 5.90. The zero-order chi connectivity index (χ0) is 23.3. The predicted octanol–water partition coefficient (Wildman–Crippen LogP) is 6.60. The molecule has 0 bridgehead atoms. The van der Waals surface area contributed by atoms with Gasteiger partial charge in [0.15, 0.2) is 0 Å². The molecular formula is C28H36N2O2. The van der Waals surface area contributed by atoms with Gasteiger partial charge in [0.1, 0.15) is 6.61 Å². The van der Waals surface area contributed by atoms with Crippen LogP contribution in [0.15, 0.2) is 65.4 Å². The van der Waals surface area contributed by atoms with E-state index in [9.17, 15) is 4.79 Å². The van der Waals surface area contributed by atoms with Gasteiger partial charge in [-0.1, -0.05) is 61.0 Å². The second kappa shape index (κ2) is 10.5. The second-order valence-corrected chi connectivity index (χ2v) is 9.05. The summed E-state index contributed by atoms with van der Waals surface area (Å²) in [6, 6.07) is 14.0. The summed E-state index contributed by atoms with van der Waals surface area (Å²) in [4.78, 5) is 15.0. The first kappa shape index (κ1) is 23.6. The SMILES string of the molecule is CC1=CC(C)CC(C)=C1NCCN(C(=O)OCc1ccccc1)c1c(C)cc(C)cc1C. The molecule has 0 aromatic heterocycles. The highest BCUT2D eigenvalue weighted by Gasteiger charge is 2.22. The minimum atomic E-state index is -0.319. The molecule has 1 unspecified atom stereocenters. The molecule has 1 aliphatic rings. The van der Waals surface area contributed by atoms with Crippen molar-refractivity contribution < 1.29 is 9.53 Å². The number of allylic oxidation sites excluding steroid dienone is 3. The van der Waals surface area contributed by atoms with E-state index in [-0.39, 0.29) is 12.7 Å². The van der Waals surface area contributed by atoms with Gasteiger partial charge >= 0.3 is 6.09 Å². The normalized spacial score (nSPS) is 15.9. The van der Waals surface area contributed by atoms with Crippen LogP contribution in [0.5, 0.6) is 0 Å². The summed E-state index contributed by atoms with van der Waals surface area (Å²) in [5.41, 5.74) is 9.13. The zero-order valence-electron chi connectivity index (χ0n) is 20.3. The molecule has 0 saturated heterocycles. The summed E-state index contributed by atoms with van der Waals surface area (Å²) in [6.45, 7) is 14.2. The maximum Gasteiger partial charge on any atom is 0.414 e. The van der Waals surface area contributed by atoms with Crippen molar-refractivity contribution in [2.75, 3.05) is 18.0 Å². The number of carbonyl (C=O) groups is 1. The molecule has 1 aliphatic carbocycles. The molecule has 2 aromatic carbocycles. The quantitative estimate of drug-likeness (QED) is 0.535. The minimum Gasteiger partial charge on any atom is -0.444 e. The molecule has 4 nitrogen and oxygen atoms in total. The first-order chi connectivity index (χ1) is 15.3. The van der Waals surface area contributed by atoms with Gasteiger partial charge in [-0.05, 0) is 74.8 Å². The van der Waals surface area contributed by atoms with E-state index in [2.05, 4.69) is 65.1 Å². The predicted molar refractivity (Wildman–Crippen MR) is 133 cm³/mol. The van der Waals surface area contributed by atoms with Crippen LogP contribution in [0, 0.1) is 26.7 Å². The largest absolute Gasteiger partial charge is 0.444 e. The number of anilines is 1. The molecule has 3 rings (SSSR count). The molecule has 1 amide bonds. The van der Waals surface area contributed by atoms with Crippen LogP contribution in [0.4, 0.5) is 10.5 Å². The average Bonchev–Trinajstić information content (AvgIpc) is 2.72. The van der Waals surface area contributed by atoms with E-state index in [1.54, 1.807) is 4.90 Å². The number of amides is 1. The molecule has 0 fully saturated rings. The number of nitrogens with one attached hydrogen (secondary N) is 1. The summed E-state index contributed by atoms with van der Waals surface area (Å²) in [6.07, 6.45) is 3.06. The number of benzene rings is 2. The van der Waals surface area contributed by atoms with Crippen LogP contribution in [-0.4, -0.2) is 19.2 Å². The van der Waals surface area contributed by atoms with E-state index in [1.165, 1.54) is 22.4 Å². The maximum absolute atomic E-state index is 13.2. The van der Waals surface area contributed by atoms with Gasteiger partial charge in [-0.3, -0.25) is 4.90 Å². The zero-order valence-corrected chi connectivity index (χ0v) is 20.3. The molecule has 170 valence electrons. The second-order valence-electron chi connectivity index (χ2n) is 9.05. The van der Waals surface area contributed by atoms with Crippen LogP contribution in [0.3, 0.4) is 0 Å². The van der Waals surface area contributed by atoms with Gasteiger partial charge < -0.3 is 10.1 Å². The van der Waals surface area contributed by atoms with Crippen LogP contribution in [0.25, 0.3) is 0 Å². The van der Waals surface area contributed by atoms with E-state index in [0.717, 1.165) is 28.8 Å². The molecule has 4 heteroatoms. The molecule has 0 aliphatic heterocycles. The number of rotatable bonds is 7. The average molecular weight is 433 g/mol. The van der Waals surface area contributed by atoms with E-state index < -0.39 is 0 Å². The highest BCUT2D eigenvalue weighted by atomic mass is 16.6. The fourth-order valence-electron chi connectivity index (χ4n) is 4.76. The van der Waals surface area contributed by atoms with Crippen molar-refractivity contribution in [3.63, 3.8) is 0 Å². The molecule has 0 radical (unpaired) electrons. The Hall–Kier alpha value is -3.01. The summed E-state index contributed by atoms with van der Waals surface area (Å²) in [5, 5.41) is 3.58. The Balaban J connectivity index is 1.77. The van der Waals surface area contributed by atoms with Crippen LogP contribution in [0.2, 0.25) is 0 Å². The molecule has 1 atom stereocenters. The standard InChI is InChI=1S/C28H36N2O2/c1-19-14-21(3)26(22(4)15-19)29-12-13-30(27-23(5)16-20(2)17-24(27)6)28(31)32-18-25-10-8-7-9-11-25/h7-11,14,16-17,19,29H,12-13,15,18H2,1-6H3. The molecule has 0 heterocycles. The lowest BCUT2D eigenvalue weighted by molar-refractivity contribution is 0.147. The van der Waals surface area contributed by atoms with Crippen LogP contribution in [-0.2, 0) is 11.3 Å². The number of carbonyl (C=O) groups excluding carboxylic acids is 1. The van der Waals surface area contributed by atoms with Gasteiger partial charge in [0.2, 0.25) is 0 Å². The van der Waals surface area contributed by atoms with E-state index >= 15 is 0 Å². The third kappa shape index (κ3) is 5.82. The Morgan fingerprint density at radius 3 is 2.34 bits per heavy atom. The summed E-state index contributed by atoms with van der Waals surface area (Å²) >= 11 is 0. The van der Waals surface area contributed by atoms with Crippen molar-refractivity contribution in [1.82, 2.24) is 5.32 Å². The van der Waals surface area contributed by atoms with Crippen molar-refractivity contribution in [3.8, 4) is 0 Å². The van der Waals surface area contributed by atoms with Crippen LogP contribution >= 0.6 is 0 Å². The van der Waals surface area contributed by atoms with Gasteiger partial charge in [-0.2, -0.15) is 0 Å². The van der Waals surface area contributed by atoms with E-state index in [4.69, 9.17) is 4.74 Å². The number of hydrogen-bond acceptors (Lipinski definition) is 3. The lowest BCUT2D eigenvalue weighted by Crippen LogP contribution is -2.38. The topological polar surface area (TPSA) is 41.6 Å².